The Hall–Kier alpha value is 1.22. The number of thiol groups is 1. The topological polar surface area (TPSA) is 74.6 Å². The van der Waals surface area contributed by atoms with Crippen LogP contribution in [0.4, 0.5) is 0 Å². The fourth-order valence-electron chi connectivity index (χ4n) is 0. The Labute approximate surface area is 83.8 Å². The fourth-order valence-corrected chi connectivity index (χ4v) is 0. The third-order valence-corrected chi connectivity index (χ3v) is 0. The molecule has 0 aliphatic heterocycles. The van der Waals surface area contributed by atoms with Gasteiger partial charge in [0.05, 0.1) is 0 Å². The normalized spacial score (nSPS) is 8.44. The summed E-state index contributed by atoms with van der Waals surface area (Å²) in [5.41, 5.74) is 0. The van der Waals surface area contributed by atoms with Crippen molar-refractivity contribution >= 4 is 23.0 Å². The minimum Gasteiger partial charge on any atom is -1.00 e. The van der Waals surface area contributed by atoms with Crippen molar-refractivity contribution in [3.8, 4) is 0 Å². The summed E-state index contributed by atoms with van der Waals surface area (Å²) >= 11 is 3.79. The smallest absolute Gasteiger partial charge is 1.00 e. The van der Waals surface area contributed by atoms with Gasteiger partial charge < -0.3 is 1.43 Å². The molecule has 0 aliphatic carbocycles. The summed E-state index contributed by atoms with van der Waals surface area (Å²) in [7, 11) is -4.67. The van der Waals surface area contributed by atoms with Gasteiger partial charge in [0.1, 0.15) is 0 Å². The van der Waals surface area contributed by atoms with Crippen molar-refractivity contribution < 1.29 is 48.5 Å². The van der Waals surface area contributed by atoms with Crippen LogP contribution in [-0.4, -0.2) is 23.3 Å². The van der Waals surface area contributed by atoms with Crippen LogP contribution in [0.15, 0.2) is 0 Å². The predicted octanol–water partition coefficient (Wildman–Crippen LogP) is -2.60. The zero-order valence-corrected chi connectivity index (χ0v) is 8.98. The summed E-state index contributed by atoms with van der Waals surface area (Å²) in [4.78, 5) is 0. The van der Waals surface area contributed by atoms with E-state index in [9.17, 15) is 0 Å². The largest absolute Gasteiger partial charge is 1.00 e. The molecule has 0 fully saturated rings. The minimum atomic E-state index is -4.67. The van der Waals surface area contributed by atoms with E-state index in [0.717, 1.165) is 5.75 Å². The molecular formula is C2H9NaO4S2. The van der Waals surface area contributed by atoms with Crippen molar-refractivity contribution in [2.45, 2.75) is 6.92 Å². The van der Waals surface area contributed by atoms with E-state index >= 15 is 0 Å². The Kier molecular flexibility index (Phi) is 17.1. The average molecular weight is 184 g/mol. The molecule has 0 spiro atoms. The second-order valence-corrected chi connectivity index (χ2v) is 2.29. The van der Waals surface area contributed by atoms with E-state index in [1.807, 2.05) is 6.92 Å². The monoisotopic (exact) mass is 184 g/mol. The molecule has 0 aromatic heterocycles. The molecular weight excluding hydrogens is 175 g/mol. The van der Waals surface area contributed by atoms with Crippen LogP contribution >= 0.6 is 12.6 Å². The van der Waals surface area contributed by atoms with E-state index in [4.69, 9.17) is 17.5 Å². The molecule has 2 N–H and O–H groups in total. The van der Waals surface area contributed by atoms with Gasteiger partial charge in [-0.1, -0.05) is 6.92 Å². The van der Waals surface area contributed by atoms with Crippen LogP contribution in [-0.2, 0) is 10.4 Å². The molecule has 0 aliphatic rings. The molecule has 0 unspecified atom stereocenters. The van der Waals surface area contributed by atoms with Crippen LogP contribution in [0, 0.1) is 0 Å². The Morgan fingerprint density at radius 2 is 1.56 bits per heavy atom. The predicted molar refractivity (Wildman–Crippen MR) is 34.8 cm³/mol. The van der Waals surface area contributed by atoms with Crippen LogP contribution in [0.2, 0.25) is 0 Å². The first-order valence-electron chi connectivity index (χ1n) is 1.72. The van der Waals surface area contributed by atoms with Crippen molar-refractivity contribution in [3.05, 3.63) is 0 Å². The van der Waals surface area contributed by atoms with E-state index in [-0.39, 0.29) is 31.0 Å². The van der Waals surface area contributed by atoms with Gasteiger partial charge in [-0.2, -0.15) is 21.0 Å². The fraction of sp³-hybridized carbons (Fsp3) is 1.00. The molecule has 9 heavy (non-hydrogen) atoms. The van der Waals surface area contributed by atoms with E-state index < -0.39 is 10.4 Å². The summed E-state index contributed by atoms with van der Waals surface area (Å²) < 4.78 is 31.6. The molecule has 0 radical (unpaired) electrons. The van der Waals surface area contributed by atoms with Crippen molar-refractivity contribution in [1.29, 1.82) is 0 Å². The molecule has 54 valence electrons. The number of hydrogen-bond acceptors (Lipinski definition) is 3. The SMILES string of the molecule is CCS.O=S(=O)(O)O.[H-].[Na+]. The van der Waals surface area contributed by atoms with Gasteiger partial charge in [-0.3, -0.25) is 9.11 Å². The van der Waals surface area contributed by atoms with E-state index in [1.165, 1.54) is 0 Å². The average Bonchev–Trinajstić information content (AvgIpc) is 1.27. The third-order valence-electron chi connectivity index (χ3n) is 0. The van der Waals surface area contributed by atoms with E-state index in [1.54, 1.807) is 0 Å². The summed E-state index contributed by atoms with van der Waals surface area (Å²) in [6, 6.07) is 0. The molecule has 0 aromatic carbocycles. The van der Waals surface area contributed by atoms with Crippen LogP contribution < -0.4 is 29.6 Å². The van der Waals surface area contributed by atoms with Crippen LogP contribution in [0.1, 0.15) is 8.35 Å². The quantitative estimate of drug-likeness (QED) is 0.219. The summed E-state index contributed by atoms with van der Waals surface area (Å²) in [6.45, 7) is 1.99. The molecule has 0 aromatic rings. The summed E-state index contributed by atoms with van der Waals surface area (Å²) in [5, 5.41) is 0. The second kappa shape index (κ2) is 9.22. The first kappa shape index (κ1) is 16.7. The summed E-state index contributed by atoms with van der Waals surface area (Å²) in [6.07, 6.45) is 0. The first-order chi connectivity index (χ1) is 3.41. The van der Waals surface area contributed by atoms with Crippen molar-refractivity contribution in [2.75, 3.05) is 5.75 Å². The molecule has 0 bridgehead atoms. The summed E-state index contributed by atoms with van der Waals surface area (Å²) in [5.74, 6) is 0.944. The maximum absolute atomic E-state index is 8.74. The van der Waals surface area contributed by atoms with Gasteiger partial charge >= 0.3 is 40.0 Å². The molecule has 7 heteroatoms. The Balaban J connectivity index is -0.0000000326. The zero-order valence-electron chi connectivity index (χ0n) is 6.27. The van der Waals surface area contributed by atoms with E-state index in [0.29, 0.717) is 0 Å². The maximum atomic E-state index is 8.74. The molecule has 0 atom stereocenters. The van der Waals surface area contributed by atoms with Crippen LogP contribution in [0.3, 0.4) is 0 Å². The van der Waals surface area contributed by atoms with Gasteiger partial charge in [0.15, 0.2) is 0 Å². The first-order valence-corrected chi connectivity index (χ1v) is 3.75. The van der Waals surface area contributed by atoms with Gasteiger partial charge in [-0.25, -0.2) is 0 Å². The Morgan fingerprint density at radius 1 is 1.56 bits per heavy atom. The van der Waals surface area contributed by atoms with Crippen LogP contribution in [0.25, 0.3) is 0 Å². The van der Waals surface area contributed by atoms with Crippen molar-refractivity contribution in [1.82, 2.24) is 0 Å². The molecule has 0 saturated carbocycles. The minimum absolute atomic E-state index is 0. The standard InChI is InChI=1S/C2H6S.Na.H2O4S.H/c1-2-3;;1-5(2,3)4;/h3H,2H2,1H3;;(H2,1,2,3,4);/q;+1;;-1. The Morgan fingerprint density at radius 3 is 1.56 bits per heavy atom. The van der Waals surface area contributed by atoms with E-state index in [2.05, 4.69) is 12.6 Å². The third kappa shape index (κ3) is 323. The molecule has 0 rings (SSSR count). The van der Waals surface area contributed by atoms with Crippen molar-refractivity contribution in [3.63, 3.8) is 0 Å². The van der Waals surface area contributed by atoms with Gasteiger partial charge in [-0.05, 0) is 5.75 Å². The van der Waals surface area contributed by atoms with Gasteiger partial charge in [-0.15, -0.1) is 0 Å². The maximum Gasteiger partial charge on any atom is 1.00 e. The van der Waals surface area contributed by atoms with Gasteiger partial charge in [0.2, 0.25) is 0 Å². The molecule has 0 saturated heterocycles. The van der Waals surface area contributed by atoms with Gasteiger partial charge in [0.25, 0.3) is 0 Å². The Bertz CT molecular complexity index is 115. The van der Waals surface area contributed by atoms with Crippen molar-refractivity contribution in [2.24, 2.45) is 0 Å². The van der Waals surface area contributed by atoms with Gasteiger partial charge in [0, 0.05) is 0 Å². The molecule has 4 nitrogen and oxygen atoms in total. The molecule has 0 amide bonds. The van der Waals surface area contributed by atoms with Crippen LogP contribution in [0.5, 0.6) is 0 Å². The number of rotatable bonds is 0. The number of hydrogen-bond donors (Lipinski definition) is 3. The second-order valence-electron chi connectivity index (χ2n) is 0.764. The molecule has 0 heterocycles. The zero-order chi connectivity index (χ0) is 7.21.